The highest BCUT2D eigenvalue weighted by Gasteiger charge is 2.34. The summed E-state index contributed by atoms with van der Waals surface area (Å²) in [6.07, 6.45) is 0. The quantitative estimate of drug-likeness (QED) is 0.673. The smallest absolute Gasteiger partial charge is 0.328 e. The minimum atomic E-state index is -1.16. The van der Waals surface area contributed by atoms with Gasteiger partial charge < -0.3 is 15.6 Å². The van der Waals surface area contributed by atoms with Crippen molar-refractivity contribution in [2.75, 3.05) is 20.2 Å². The lowest BCUT2D eigenvalue weighted by atomic mass is 9.92. The zero-order valence-corrected chi connectivity index (χ0v) is 10.1. The third kappa shape index (κ3) is 2.95. The summed E-state index contributed by atoms with van der Waals surface area (Å²) in [6, 6.07) is 6.99. The van der Waals surface area contributed by atoms with Crippen molar-refractivity contribution in [3.63, 3.8) is 0 Å². The summed E-state index contributed by atoms with van der Waals surface area (Å²) in [6.45, 7) is 2.42. The van der Waals surface area contributed by atoms with Crippen LogP contribution >= 0.6 is 0 Å². The molecule has 0 radical (unpaired) electrons. The molecule has 0 heterocycles. The largest absolute Gasteiger partial charge is 0.497 e. The first-order chi connectivity index (χ1) is 8.04. The lowest BCUT2D eigenvalue weighted by molar-refractivity contribution is -0.144. The predicted molar refractivity (Wildman–Crippen MR) is 65.0 cm³/mol. The van der Waals surface area contributed by atoms with Crippen LogP contribution in [0.1, 0.15) is 12.5 Å². The van der Waals surface area contributed by atoms with Crippen molar-refractivity contribution in [2.45, 2.75) is 12.5 Å². The van der Waals surface area contributed by atoms with Gasteiger partial charge in [-0.3, -0.25) is 5.32 Å². The van der Waals surface area contributed by atoms with E-state index in [4.69, 9.17) is 10.5 Å². The van der Waals surface area contributed by atoms with Crippen LogP contribution in [0.4, 0.5) is 0 Å². The summed E-state index contributed by atoms with van der Waals surface area (Å²) < 4.78 is 5.09. The van der Waals surface area contributed by atoms with E-state index in [2.05, 4.69) is 5.32 Å². The van der Waals surface area contributed by atoms with Crippen LogP contribution in [0.15, 0.2) is 24.3 Å². The minimum Gasteiger partial charge on any atom is -0.497 e. The highest BCUT2D eigenvalue weighted by molar-refractivity contribution is 5.80. The molecule has 1 aromatic rings. The van der Waals surface area contributed by atoms with E-state index in [1.165, 1.54) is 0 Å². The van der Waals surface area contributed by atoms with Gasteiger partial charge in [0.05, 0.1) is 7.11 Å². The number of carboxylic acids is 1. The Morgan fingerprint density at radius 1 is 1.59 bits per heavy atom. The van der Waals surface area contributed by atoms with Crippen LogP contribution < -0.4 is 15.8 Å². The molecule has 4 N–H and O–H groups in total. The molecule has 0 aliphatic carbocycles. The number of rotatable bonds is 6. The second-order valence-electron chi connectivity index (χ2n) is 3.88. The van der Waals surface area contributed by atoms with Crippen molar-refractivity contribution in [1.82, 2.24) is 5.32 Å². The van der Waals surface area contributed by atoms with Crippen molar-refractivity contribution in [1.29, 1.82) is 0 Å². The molecule has 0 amide bonds. The van der Waals surface area contributed by atoms with E-state index < -0.39 is 11.5 Å². The molecule has 1 aromatic carbocycles. The monoisotopic (exact) mass is 238 g/mol. The molecule has 5 nitrogen and oxygen atoms in total. The lowest BCUT2D eigenvalue weighted by Gasteiger charge is -2.27. The van der Waals surface area contributed by atoms with Crippen molar-refractivity contribution in [2.24, 2.45) is 5.73 Å². The van der Waals surface area contributed by atoms with Crippen LogP contribution in [-0.2, 0) is 10.3 Å². The maximum Gasteiger partial charge on any atom is 0.328 e. The molecule has 1 rings (SSSR count). The molecule has 0 fully saturated rings. The van der Waals surface area contributed by atoms with Crippen molar-refractivity contribution < 1.29 is 14.6 Å². The first kappa shape index (κ1) is 13.5. The third-order valence-corrected chi connectivity index (χ3v) is 2.70. The molecule has 0 bridgehead atoms. The zero-order valence-electron chi connectivity index (χ0n) is 10.1. The first-order valence-electron chi connectivity index (χ1n) is 5.37. The Morgan fingerprint density at radius 3 is 2.82 bits per heavy atom. The summed E-state index contributed by atoms with van der Waals surface area (Å²) in [4.78, 5) is 11.4. The van der Waals surface area contributed by atoms with Crippen LogP contribution in [0.2, 0.25) is 0 Å². The minimum absolute atomic E-state index is 0.382. The van der Waals surface area contributed by atoms with E-state index >= 15 is 0 Å². The van der Waals surface area contributed by atoms with Crippen LogP contribution in [0.5, 0.6) is 5.75 Å². The topological polar surface area (TPSA) is 84.6 Å². The maximum absolute atomic E-state index is 11.4. The molecular formula is C12H18N2O3. The molecule has 0 spiro atoms. The molecule has 1 unspecified atom stereocenters. The fourth-order valence-electron chi connectivity index (χ4n) is 1.56. The van der Waals surface area contributed by atoms with Gasteiger partial charge in [0.2, 0.25) is 0 Å². The number of hydrogen-bond donors (Lipinski definition) is 3. The normalized spacial score (nSPS) is 14.1. The Bertz CT molecular complexity index is 395. The summed E-state index contributed by atoms with van der Waals surface area (Å²) in [5.41, 5.74) is 4.87. The zero-order chi connectivity index (χ0) is 12.9. The number of carbonyl (C=O) groups is 1. The second kappa shape index (κ2) is 5.65. The lowest BCUT2D eigenvalue weighted by Crippen LogP contribution is -2.48. The van der Waals surface area contributed by atoms with Crippen LogP contribution in [0.25, 0.3) is 0 Å². The molecule has 1 atom stereocenters. The molecule has 5 heteroatoms. The van der Waals surface area contributed by atoms with Crippen molar-refractivity contribution >= 4 is 5.97 Å². The standard InChI is InChI=1S/C12H18N2O3/c1-12(11(15)16,14-7-6-13)9-4-3-5-10(8-9)17-2/h3-5,8,14H,6-7,13H2,1-2H3,(H,15,16). The van der Waals surface area contributed by atoms with Gasteiger partial charge in [-0.2, -0.15) is 0 Å². The number of nitrogens with one attached hydrogen (secondary N) is 1. The number of benzene rings is 1. The van der Waals surface area contributed by atoms with Gasteiger partial charge in [0.15, 0.2) is 0 Å². The fourth-order valence-corrected chi connectivity index (χ4v) is 1.56. The van der Waals surface area contributed by atoms with Gasteiger partial charge in [0.25, 0.3) is 0 Å². The van der Waals surface area contributed by atoms with E-state index in [0.717, 1.165) is 0 Å². The van der Waals surface area contributed by atoms with Crippen LogP contribution in [-0.4, -0.2) is 31.3 Å². The Balaban J connectivity index is 3.08. The molecule has 0 aliphatic rings. The highest BCUT2D eigenvalue weighted by Crippen LogP contribution is 2.24. The molecule has 0 saturated carbocycles. The third-order valence-electron chi connectivity index (χ3n) is 2.70. The number of aliphatic carboxylic acids is 1. The Labute approximate surface area is 101 Å². The number of ether oxygens (including phenoxy) is 1. The van der Waals surface area contributed by atoms with Crippen molar-refractivity contribution in [3.8, 4) is 5.75 Å². The predicted octanol–water partition coefficient (Wildman–Crippen LogP) is 0.543. The van der Waals surface area contributed by atoms with Gasteiger partial charge in [-0.25, -0.2) is 4.79 Å². The molecular weight excluding hydrogens is 220 g/mol. The Kier molecular flexibility index (Phi) is 4.48. The summed E-state index contributed by atoms with van der Waals surface area (Å²) in [5, 5.41) is 12.3. The van der Waals surface area contributed by atoms with E-state index in [1.54, 1.807) is 38.3 Å². The molecule has 0 aromatic heterocycles. The maximum atomic E-state index is 11.4. The fraction of sp³-hybridized carbons (Fsp3) is 0.417. The number of nitrogens with two attached hydrogens (primary N) is 1. The Morgan fingerprint density at radius 2 is 2.29 bits per heavy atom. The SMILES string of the molecule is COc1cccc(C(C)(NCCN)C(=O)O)c1. The van der Waals surface area contributed by atoms with Gasteiger partial charge in [-0.05, 0) is 24.6 Å². The summed E-state index contributed by atoms with van der Waals surface area (Å²) >= 11 is 0. The second-order valence-corrected chi connectivity index (χ2v) is 3.88. The van der Waals surface area contributed by atoms with Gasteiger partial charge in [-0.1, -0.05) is 12.1 Å². The van der Waals surface area contributed by atoms with Crippen LogP contribution in [0.3, 0.4) is 0 Å². The summed E-state index contributed by atoms with van der Waals surface area (Å²) in [7, 11) is 1.55. The molecule has 94 valence electrons. The molecule has 17 heavy (non-hydrogen) atoms. The van der Waals surface area contributed by atoms with Gasteiger partial charge in [0.1, 0.15) is 11.3 Å². The van der Waals surface area contributed by atoms with Gasteiger partial charge in [-0.15, -0.1) is 0 Å². The van der Waals surface area contributed by atoms with Gasteiger partial charge in [0, 0.05) is 13.1 Å². The highest BCUT2D eigenvalue weighted by atomic mass is 16.5. The van der Waals surface area contributed by atoms with E-state index in [0.29, 0.717) is 24.4 Å². The Hall–Kier alpha value is -1.59. The van der Waals surface area contributed by atoms with E-state index in [9.17, 15) is 9.90 Å². The molecule has 0 saturated heterocycles. The number of hydrogen-bond acceptors (Lipinski definition) is 4. The number of carboxylic acid groups (broad SMARTS) is 1. The summed E-state index contributed by atoms with van der Waals surface area (Å²) in [5.74, 6) is -0.316. The average molecular weight is 238 g/mol. The first-order valence-corrected chi connectivity index (χ1v) is 5.37. The molecule has 0 aliphatic heterocycles. The van der Waals surface area contributed by atoms with Gasteiger partial charge >= 0.3 is 5.97 Å². The van der Waals surface area contributed by atoms with Crippen molar-refractivity contribution in [3.05, 3.63) is 29.8 Å². The van der Waals surface area contributed by atoms with E-state index in [1.807, 2.05) is 0 Å². The average Bonchev–Trinajstić information content (AvgIpc) is 2.35. The van der Waals surface area contributed by atoms with Crippen LogP contribution in [0, 0.1) is 0 Å². The number of methoxy groups -OCH3 is 1. The van der Waals surface area contributed by atoms with E-state index in [-0.39, 0.29) is 0 Å².